The number of carbonyl (C=O) groups is 1. The van der Waals surface area contributed by atoms with E-state index < -0.39 is 0 Å². The molecule has 2 N–H and O–H groups in total. The molecule has 1 aliphatic carbocycles. The number of amides is 1. The predicted octanol–water partition coefficient (Wildman–Crippen LogP) is 1.99. The maximum absolute atomic E-state index is 11.9. The summed E-state index contributed by atoms with van der Waals surface area (Å²) in [4.78, 5) is 11.9. The van der Waals surface area contributed by atoms with Crippen LogP contribution in [-0.2, 0) is 4.79 Å². The van der Waals surface area contributed by atoms with Crippen molar-refractivity contribution >= 4 is 5.91 Å². The normalized spacial score (nSPS) is 21.2. The quantitative estimate of drug-likeness (QED) is 0.744. The van der Waals surface area contributed by atoms with E-state index in [4.69, 9.17) is 0 Å². The molecule has 0 radical (unpaired) electrons. The molecule has 86 valence electrons. The number of carbonyl (C=O) groups excluding carboxylic acids is 1. The van der Waals surface area contributed by atoms with Crippen LogP contribution in [0.3, 0.4) is 0 Å². The maximum Gasteiger partial charge on any atom is 0.251 e. The highest BCUT2D eigenvalue weighted by atomic mass is 16.1. The van der Waals surface area contributed by atoms with Crippen LogP contribution in [0.4, 0.5) is 0 Å². The lowest BCUT2D eigenvalue weighted by Crippen LogP contribution is -2.37. The lowest BCUT2D eigenvalue weighted by Gasteiger charge is -2.23. The summed E-state index contributed by atoms with van der Waals surface area (Å²) in [6, 6.07) is 0.360. The first-order valence-corrected chi connectivity index (χ1v) is 5.90. The van der Waals surface area contributed by atoms with Gasteiger partial charge in [0.25, 0.3) is 5.91 Å². The van der Waals surface area contributed by atoms with E-state index in [0.29, 0.717) is 11.6 Å². The monoisotopic (exact) mass is 218 g/mol. The second-order valence-corrected chi connectivity index (χ2v) is 4.41. The molecule has 0 saturated heterocycles. The predicted molar refractivity (Wildman–Crippen MR) is 64.5 cm³/mol. The third kappa shape index (κ3) is 2.75. The van der Waals surface area contributed by atoms with Crippen molar-refractivity contribution in [2.75, 3.05) is 0 Å². The van der Waals surface area contributed by atoms with Gasteiger partial charge < -0.3 is 10.6 Å². The Kier molecular flexibility index (Phi) is 3.44. The summed E-state index contributed by atoms with van der Waals surface area (Å²) < 4.78 is 0. The summed E-state index contributed by atoms with van der Waals surface area (Å²) in [6.07, 6.45) is 11.3. The van der Waals surface area contributed by atoms with Crippen LogP contribution in [0.15, 0.2) is 36.2 Å². The molecule has 0 spiro atoms. The zero-order valence-electron chi connectivity index (χ0n) is 9.46. The SMILES string of the molecule is C=C1C=C(C(=O)NC2CCCCC2)C=CN1. The molecule has 1 fully saturated rings. The largest absolute Gasteiger partial charge is 0.362 e. The molecule has 0 aromatic carbocycles. The van der Waals surface area contributed by atoms with E-state index in [1.165, 1.54) is 19.3 Å². The molecule has 1 amide bonds. The summed E-state index contributed by atoms with van der Waals surface area (Å²) in [5.74, 6) is 0.0193. The highest BCUT2D eigenvalue weighted by Gasteiger charge is 2.17. The van der Waals surface area contributed by atoms with E-state index in [1.807, 2.05) is 0 Å². The van der Waals surface area contributed by atoms with E-state index in [1.54, 1.807) is 18.4 Å². The highest BCUT2D eigenvalue weighted by Crippen LogP contribution is 2.18. The van der Waals surface area contributed by atoms with Gasteiger partial charge in [0, 0.05) is 23.5 Å². The van der Waals surface area contributed by atoms with Crippen LogP contribution in [0.2, 0.25) is 0 Å². The van der Waals surface area contributed by atoms with Gasteiger partial charge in [-0.15, -0.1) is 0 Å². The number of dihydropyridines is 1. The third-order valence-corrected chi connectivity index (χ3v) is 3.06. The number of nitrogens with one attached hydrogen (secondary N) is 2. The van der Waals surface area contributed by atoms with Crippen LogP contribution >= 0.6 is 0 Å². The fourth-order valence-electron chi connectivity index (χ4n) is 2.17. The van der Waals surface area contributed by atoms with Gasteiger partial charge in [-0.3, -0.25) is 4.79 Å². The van der Waals surface area contributed by atoms with Gasteiger partial charge in [0.15, 0.2) is 0 Å². The molecule has 0 aromatic rings. The summed E-state index contributed by atoms with van der Waals surface area (Å²) >= 11 is 0. The average Bonchev–Trinajstić information content (AvgIpc) is 2.30. The van der Waals surface area contributed by atoms with Gasteiger partial charge in [-0.05, 0) is 25.0 Å². The van der Waals surface area contributed by atoms with Gasteiger partial charge in [-0.1, -0.05) is 25.8 Å². The van der Waals surface area contributed by atoms with Crippen LogP contribution in [0, 0.1) is 0 Å². The standard InChI is InChI=1S/C13H18N2O/c1-10-9-11(7-8-14-10)13(16)15-12-5-3-2-4-6-12/h7-9,12,14H,1-6H2,(H,15,16). The summed E-state index contributed by atoms with van der Waals surface area (Å²) in [5.41, 5.74) is 1.45. The molecule has 3 heteroatoms. The van der Waals surface area contributed by atoms with E-state index in [9.17, 15) is 4.79 Å². The Morgan fingerprint density at radius 2 is 2.12 bits per heavy atom. The van der Waals surface area contributed by atoms with Crippen LogP contribution in [0.25, 0.3) is 0 Å². The van der Waals surface area contributed by atoms with Gasteiger partial charge in [-0.2, -0.15) is 0 Å². The van der Waals surface area contributed by atoms with E-state index >= 15 is 0 Å². The second kappa shape index (κ2) is 5.01. The van der Waals surface area contributed by atoms with Crippen LogP contribution in [0.5, 0.6) is 0 Å². The first kappa shape index (κ1) is 11.0. The number of hydrogen-bond donors (Lipinski definition) is 2. The summed E-state index contributed by atoms with van der Waals surface area (Å²) in [5, 5.41) is 6.02. The van der Waals surface area contributed by atoms with Crippen LogP contribution < -0.4 is 10.6 Å². The molecule has 0 atom stereocenters. The molecular formula is C13H18N2O. The van der Waals surface area contributed by atoms with E-state index in [2.05, 4.69) is 17.2 Å². The van der Waals surface area contributed by atoms with Crippen molar-refractivity contribution in [3.63, 3.8) is 0 Å². The Bertz CT molecular complexity index is 349. The topological polar surface area (TPSA) is 41.1 Å². The van der Waals surface area contributed by atoms with Crippen LogP contribution in [-0.4, -0.2) is 11.9 Å². The van der Waals surface area contributed by atoms with Gasteiger partial charge >= 0.3 is 0 Å². The first-order valence-electron chi connectivity index (χ1n) is 5.90. The Morgan fingerprint density at radius 3 is 2.81 bits per heavy atom. The van der Waals surface area contributed by atoms with Gasteiger partial charge in [0.05, 0.1) is 0 Å². The van der Waals surface area contributed by atoms with E-state index in [0.717, 1.165) is 18.5 Å². The third-order valence-electron chi connectivity index (χ3n) is 3.06. The minimum Gasteiger partial charge on any atom is -0.362 e. The molecule has 1 heterocycles. The Labute approximate surface area is 96.3 Å². The lowest BCUT2D eigenvalue weighted by molar-refractivity contribution is -0.118. The summed E-state index contributed by atoms with van der Waals surface area (Å²) in [6.45, 7) is 3.77. The molecule has 2 rings (SSSR count). The molecular weight excluding hydrogens is 200 g/mol. The van der Waals surface area contributed by atoms with Crippen molar-refractivity contribution in [2.45, 2.75) is 38.1 Å². The maximum atomic E-state index is 11.9. The zero-order valence-corrected chi connectivity index (χ0v) is 9.46. The molecule has 1 saturated carbocycles. The van der Waals surface area contributed by atoms with Gasteiger partial charge in [0.2, 0.25) is 0 Å². The Hall–Kier alpha value is -1.51. The second-order valence-electron chi connectivity index (χ2n) is 4.41. The van der Waals surface area contributed by atoms with Gasteiger partial charge in [-0.25, -0.2) is 0 Å². The minimum absolute atomic E-state index is 0.0193. The van der Waals surface area contributed by atoms with E-state index in [-0.39, 0.29) is 5.91 Å². The van der Waals surface area contributed by atoms with Crippen molar-refractivity contribution in [1.82, 2.24) is 10.6 Å². The fraction of sp³-hybridized carbons (Fsp3) is 0.462. The molecule has 0 bridgehead atoms. The molecule has 3 nitrogen and oxygen atoms in total. The number of hydrogen-bond acceptors (Lipinski definition) is 2. The lowest BCUT2D eigenvalue weighted by atomic mass is 9.95. The smallest absolute Gasteiger partial charge is 0.251 e. The molecule has 0 unspecified atom stereocenters. The van der Waals surface area contributed by atoms with Crippen molar-refractivity contribution in [1.29, 1.82) is 0 Å². The molecule has 1 aliphatic heterocycles. The summed E-state index contributed by atoms with van der Waals surface area (Å²) in [7, 11) is 0. The van der Waals surface area contributed by atoms with Gasteiger partial charge in [0.1, 0.15) is 0 Å². The Morgan fingerprint density at radius 1 is 1.38 bits per heavy atom. The van der Waals surface area contributed by atoms with Crippen LogP contribution in [0.1, 0.15) is 32.1 Å². The minimum atomic E-state index is 0.0193. The van der Waals surface area contributed by atoms with Crippen molar-refractivity contribution in [3.05, 3.63) is 36.2 Å². The molecule has 2 aliphatic rings. The van der Waals surface area contributed by atoms with Crippen molar-refractivity contribution < 1.29 is 4.79 Å². The zero-order chi connectivity index (χ0) is 11.4. The molecule has 0 aromatic heterocycles. The first-order chi connectivity index (χ1) is 7.75. The fourth-order valence-corrected chi connectivity index (χ4v) is 2.17. The highest BCUT2D eigenvalue weighted by molar-refractivity contribution is 5.97. The van der Waals surface area contributed by atoms with Crippen molar-refractivity contribution in [3.8, 4) is 0 Å². The molecule has 16 heavy (non-hydrogen) atoms. The number of allylic oxidation sites excluding steroid dienone is 1. The average molecular weight is 218 g/mol. The Balaban J connectivity index is 1.92. The van der Waals surface area contributed by atoms with Crippen molar-refractivity contribution in [2.24, 2.45) is 0 Å². The number of rotatable bonds is 2.